The lowest BCUT2D eigenvalue weighted by Crippen LogP contribution is -2.49. The number of aryl methyl sites for hydroxylation is 1. The molecule has 0 amide bonds. The topological polar surface area (TPSA) is 38.0 Å². The quantitative estimate of drug-likeness (QED) is 0.903. The first-order valence-electron chi connectivity index (χ1n) is 8.92. The van der Waals surface area contributed by atoms with Gasteiger partial charge >= 0.3 is 0 Å². The molecule has 4 bridgehead atoms. The Morgan fingerprint density at radius 3 is 2.48 bits per heavy atom. The van der Waals surface area contributed by atoms with E-state index < -0.39 is 0 Å². The molecular formula is C18H28N2O. The van der Waals surface area contributed by atoms with Gasteiger partial charge in [-0.3, -0.25) is 0 Å². The molecule has 1 unspecified atom stereocenters. The van der Waals surface area contributed by atoms with Crippen molar-refractivity contribution in [1.82, 2.24) is 9.55 Å². The van der Waals surface area contributed by atoms with Crippen molar-refractivity contribution in [1.29, 1.82) is 0 Å². The molecule has 1 N–H and O–H groups in total. The third-order valence-electron chi connectivity index (χ3n) is 6.40. The molecule has 3 nitrogen and oxygen atoms in total. The van der Waals surface area contributed by atoms with Crippen LogP contribution in [-0.2, 0) is 13.0 Å². The molecule has 1 aromatic rings. The molecule has 0 saturated heterocycles. The van der Waals surface area contributed by atoms with Crippen molar-refractivity contribution in [2.75, 3.05) is 0 Å². The highest BCUT2D eigenvalue weighted by Crippen LogP contribution is 2.57. The third-order valence-corrected chi connectivity index (χ3v) is 6.40. The summed E-state index contributed by atoms with van der Waals surface area (Å²) < 4.78 is 2.22. The van der Waals surface area contributed by atoms with E-state index >= 15 is 0 Å². The summed E-state index contributed by atoms with van der Waals surface area (Å²) in [7, 11) is 0. The van der Waals surface area contributed by atoms with Gasteiger partial charge in [-0.25, -0.2) is 4.98 Å². The Hall–Kier alpha value is -0.830. The Bertz CT molecular complexity index is 467. The van der Waals surface area contributed by atoms with Crippen molar-refractivity contribution in [3.05, 3.63) is 18.2 Å². The van der Waals surface area contributed by atoms with E-state index in [2.05, 4.69) is 22.7 Å². The molecule has 5 rings (SSSR count). The zero-order valence-electron chi connectivity index (χ0n) is 13.1. The monoisotopic (exact) mass is 288 g/mol. The number of aromatic nitrogens is 2. The number of imidazole rings is 1. The van der Waals surface area contributed by atoms with E-state index in [1.807, 2.05) is 6.20 Å². The van der Waals surface area contributed by atoms with Crippen LogP contribution in [0.5, 0.6) is 0 Å². The molecular weight excluding hydrogens is 260 g/mol. The van der Waals surface area contributed by atoms with Gasteiger partial charge in [-0.2, -0.15) is 0 Å². The predicted molar refractivity (Wildman–Crippen MR) is 82.8 cm³/mol. The van der Waals surface area contributed by atoms with Crippen LogP contribution in [-0.4, -0.2) is 20.8 Å². The smallest absolute Gasteiger partial charge is 0.111 e. The van der Waals surface area contributed by atoms with E-state index in [1.165, 1.54) is 32.1 Å². The molecule has 0 aromatic carbocycles. The number of aliphatic hydroxyl groups is 1. The van der Waals surface area contributed by atoms with Gasteiger partial charge in [0.05, 0.1) is 6.10 Å². The fourth-order valence-electron chi connectivity index (χ4n) is 5.89. The summed E-state index contributed by atoms with van der Waals surface area (Å²) in [5.41, 5.74) is 0. The first-order chi connectivity index (χ1) is 10.2. The second-order valence-corrected chi connectivity index (χ2v) is 7.82. The number of hydrogen-bond donors (Lipinski definition) is 1. The van der Waals surface area contributed by atoms with Gasteiger partial charge in [0.25, 0.3) is 0 Å². The van der Waals surface area contributed by atoms with Gasteiger partial charge in [-0.1, -0.05) is 6.92 Å². The highest BCUT2D eigenvalue weighted by Gasteiger charge is 2.50. The Morgan fingerprint density at radius 2 is 1.86 bits per heavy atom. The van der Waals surface area contributed by atoms with Gasteiger partial charge in [-0.05, 0) is 68.1 Å². The minimum absolute atomic E-state index is 0.182. The highest BCUT2D eigenvalue weighted by atomic mass is 16.3. The third kappa shape index (κ3) is 2.44. The summed E-state index contributed by atoms with van der Waals surface area (Å²) in [4.78, 5) is 4.49. The largest absolute Gasteiger partial charge is 0.392 e. The van der Waals surface area contributed by atoms with Crippen LogP contribution in [0.2, 0.25) is 0 Å². The van der Waals surface area contributed by atoms with Gasteiger partial charge in [-0.15, -0.1) is 0 Å². The van der Waals surface area contributed by atoms with E-state index in [4.69, 9.17) is 0 Å². The van der Waals surface area contributed by atoms with Crippen LogP contribution in [0, 0.1) is 29.6 Å². The summed E-state index contributed by atoms with van der Waals surface area (Å²) in [6.07, 6.45) is 12.7. The maximum Gasteiger partial charge on any atom is 0.111 e. The maximum atomic E-state index is 10.9. The zero-order valence-corrected chi connectivity index (χ0v) is 13.1. The van der Waals surface area contributed by atoms with Crippen molar-refractivity contribution in [2.45, 2.75) is 64.5 Å². The van der Waals surface area contributed by atoms with Crippen molar-refractivity contribution < 1.29 is 5.11 Å². The molecule has 4 fully saturated rings. The Kier molecular flexibility index (Phi) is 3.56. The second-order valence-electron chi connectivity index (χ2n) is 7.82. The molecule has 4 saturated carbocycles. The average Bonchev–Trinajstić information content (AvgIpc) is 2.85. The summed E-state index contributed by atoms with van der Waals surface area (Å²) in [5.74, 6) is 5.19. The molecule has 0 spiro atoms. The lowest BCUT2D eigenvalue weighted by molar-refractivity contribution is -0.0893. The number of aliphatic hydroxyl groups excluding tert-OH is 1. The van der Waals surface area contributed by atoms with Gasteiger partial charge < -0.3 is 9.67 Å². The maximum absolute atomic E-state index is 10.9. The summed E-state index contributed by atoms with van der Waals surface area (Å²) >= 11 is 0. The zero-order chi connectivity index (χ0) is 14.4. The van der Waals surface area contributed by atoms with Crippen LogP contribution in [0.15, 0.2) is 12.4 Å². The van der Waals surface area contributed by atoms with E-state index in [1.54, 1.807) is 0 Å². The van der Waals surface area contributed by atoms with Crippen LogP contribution >= 0.6 is 0 Å². The minimum atomic E-state index is -0.182. The second kappa shape index (κ2) is 5.42. The van der Waals surface area contributed by atoms with E-state index in [9.17, 15) is 5.11 Å². The van der Waals surface area contributed by atoms with Gasteiger partial charge in [0, 0.05) is 25.4 Å². The Labute approximate surface area is 127 Å². The molecule has 116 valence electrons. The summed E-state index contributed by atoms with van der Waals surface area (Å²) in [6, 6.07) is 0. The normalized spacial score (nSPS) is 38.9. The minimum Gasteiger partial charge on any atom is -0.392 e. The number of nitrogens with zero attached hydrogens (tertiary/aromatic N) is 2. The molecule has 0 radical (unpaired) electrons. The van der Waals surface area contributed by atoms with Crippen LogP contribution in [0.1, 0.15) is 51.3 Å². The molecule has 1 atom stereocenters. The highest BCUT2D eigenvalue weighted by molar-refractivity contribution is 5.03. The summed E-state index contributed by atoms with van der Waals surface area (Å²) in [5, 5.41) is 10.9. The predicted octanol–water partition coefficient (Wildman–Crippen LogP) is 3.27. The van der Waals surface area contributed by atoms with Crippen LogP contribution in [0.3, 0.4) is 0 Å². The molecule has 1 heterocycles. The lowest BCUT2D eigenvalue weighted by atomic mass is 9.50. The first kappa shape index (κ1) is 13.8. The van der Waals surface area contributed by atoms with E-state index in [0.717, 1.165) is 48.9 Å². The molecule has 0 aliphatic heterocycles. The standard InChI is InChI=1S/C18H28N2O/c1-2-4-20-5-3-19-17(20)11-16(21)18-14-7-12-6-13(9-14)10-15(18)8-12/h3,5,12-16,18,21H,2,4,6-11H2,1H3. The SMILES string of the molecule is CCCn1ccnc1CC(O)C1C2CC3CC(C2)CC1C3. The fraction of sp³-hybridized carbons (Fsp3) is 0.833. The number of hydrogen-bond acceptors (Lipinski definition) is 2. The number of rotatable bonds is 5. The average molecular weight is 288 g/mol. The molecule has 1 aromatic heterocycles. The molecule has 3 heteroatoms. The van der Waals surface area contributed by atoms with Crippen molar-refractivity contribution in [2.24, 2.45) is 29.6 Å². The fourth-order valence-corrected chi connectivity index (χ4v) is 5.89. The van der Waals surface area contributed by atoms with E-state index in [0.29, 0.717) is 5.92 Å². The van der Waals surface area contributed by atoms with Crippen molar-refractivity contribution >= 4 is 0 Å². The molecule has 21 heavy (non-hydrogen) atoms. The van der Waals surface area contributed by atoms with Crippen LogP contribution in [0.25, 0.3) is 0 Å². The van der Waals surface area contributed by atoms with Crippen LogP contribution in [0.4, 0.5) is 0 Å². The van der Waals surface area contributed by atoms with Crippen molar-refractivity contribution in [3.63, 3.8) is 0 Å². The van der Waals surface area contributed by atoms with Crippen LogP contribution < -0.4 is 0 Å². The molecule has 4 aliphatic rings. The summed E-state index contributed by atoms with van der Waals surface area (Å²) in [6.45, 7) is 3.21. The van der Waals surface area contributed by atoms with Gasteiger partial charge in [0.2, 0.25) is 0 Å². The Morgan fingerprint density at radius 1 is 1.19 bits per heavy atom. The first-order valence-corrected chi connectivity index (χ1v) is 8.92. The van der Waals surface area contributed by atoms with Crippen molar-refractivity contribution in [3.8, 4) is 0 Å². The molecule has 4 aliphatic carbocycles. The lowest BCUT2D eigenvalue weighted by Gasteiger charge is -2.55. The van der Waals surface area contributed by atoms with Gasteiger partial charge in [0.15, 0.2) is 0 Å². The van der Waals surface area contributed by atoms with Gasteiger partial charge in [0.1, 0.15) is 5.82 Å². The Balaban J connectivity index is 1.47. The van der Waals surface area contributed by atoms with E-state index in [-0.39, 0.29) is 6.10 Å².